The second-order valence-electron chi connectivity index (χ2n) is 7.52. The molecule has 1 atom stereocenters. The van der Waals surface area contributed by atoms with Crippen LogP contribution in [0.15, 0.2) is 17.4 Å². The van der Waals surface area contributed by atoms with Gasteiger partial charge in [-0.1, -0.05) is 12.8 Å². The summed E-state index contributed by atoms with van der Waals surface area (Å²) in [5, 5.41) is 11.0. The maximum absolute atomic E-state index is 12.5. The van der Waals surface area contributed by atoms with Crippen molar-refractivity contribution in [1.29, 1.82) is 0 Å². The first-order valence-electron chi connectivity index (χ1n) is 9.89. The molecule has 1 aromatic heterocycles. The van der Waals surface area contributed by atoms with Crippen molar-refractivity contribution in [3.8, 4) is 0 Å². The Morgan fingerprint density at radius 2 is 2.11 bits per heavy atom. The topological polar surface area (TPSA) is 74.6 Å². The van der Waals surface area contributed by atoms with Crippen LogP contribution in [0.5, 0.6) is 0 Å². The highest BCUT2D eigenvalue weighted by Crippen LogP contribution is 2.27. The second-order valence-corrected chi connectivity index (χ2v) is 7.52. The van der Waals surface area contributed by atoms with E-state index in [0.29, 0.717) is 11.9 Å². The summed E-state index contributed by atoms with van der Waals surface area (Å²) in [6.07, 6.45) is 11.6. The zero-order valence-corrected chi connectivity index (χ0v) is 18.8. The summed E-state index contributed by atoms with van der Waals surface area (Å²) < 4.78 is 1.84. The van der Waals surface area contributed by atoms with E-state index in [1.165, 1.54) is 18.4 Å². The monoisotopic (exact) mass is 488 g/mol. The normalized spacial score (nSPS) is 20.6. The van der Waals surface area contributed by atoms with Crippen molar-refractivity contribution in [2.75, 3.05) is 26.7 Å². The first kappa shape index (κ1) is 22.0. The summed E-state index contributed by atoms with van der Waals surface area (Å²) in [6, 6.07) is 0.296. The Kier molecular flexibility index (Phi) is 8.85. The van der Waals surface area contributed by atoms with Crippen LogP contribution in [0, 0.1) is 5.92 Å². The zero-order valence-electron chi connectivity index (χ0n) is 16.5. The number of carbonyl (C=O) groups excluding carboxylic acids is 1. The number of hydrogen-bond donors (Lipinski definition) is 2. The highest BCUT2D eigenvalue weighted by atomic mass is 127. The molecule has 3 rings (SSSR count). The average molecular weight is 488 g/mol. The van der Waals surface area contributed by atoms with E-state index < -0.39 is 0 Å². The molecule has 2 N–H and O–H groups in total. The van der Waals surface area contributed by atoms with Crippen LogP contribution >= 0.6 is 24.0 Å². The predicted octanol–water partition coefficient (Wildman–Crippen LogP) is 1.93. The van der Waals surface area contributed by atoms with Crippen LogP contribution in [0.2, 0.25) is 0 Å². The Hall–Kier alpha value is -1.32. The number of likely N-dealkylation sites (tertiary alicyclic amines) is 1. The fourth-order valence-electron chi connectivity index (χ4n) is 4.00. The number of amides is 1. The van der Waals surface area contributed by atoms with Crippen molar-refractivity contribution in [1.82, 2.24) is 25.3 Å². The maximum Gasteiger partial charge on any atom is 0.225 e. The number of carbonyl (C=O) groups is 1. The molecule has 0 bridgehead atoms. The van der Waals surface area contributed by atoms with E-state index in [-0.39, 0.29) is 29.9 Å². The number of aromatic nitrogens is 2. The highest BCUT2D eigenvalue weighted by Gasteiger charge is 2.32. The molecule has 2 aliphatic rings. The lowest BCUT2D eigenvalue weighted by molar-refractivity contribution is -0.134. The molecule has 1 aliphatic carbocycles. The molecule has 1 saturated carbocycles. The number of guanidine groups is 1. The third-order valence-corrected chi connectivity index (χ3v) is 5.46. The first-order chi connectivity index (χ1) is 12.7. The van der Waals surface area contributed by atoms with E-state index in [9.17, 15) is 4.79 Å². The molecular weight excluding hydrogens is 455 g/mol. The van der Waals surface area contributed by atoms with Gasteiger partial charge < -0.3 is 15.5 Å². The third kappa shape index (κ3) is 6.36. The molecule has 1 aromatic rings. The Balaban J connectivity index is 0.00000261. The minimum Gasteiger partial charge on any atom is -0.356 e. The Morgan fingerprint density at radius 3 is 2.78 bits per heavy atom. The van der Waals surface area contributed by atoms with Crippen molar-refractivity contribution in [3.05, 3.63) is 18.0 Å². The van der Waals surface area contributed by atoms with Gasteiger partial charge >= 0.3 is 0 Å². The average Bonchev–Trinajstić information content (AvgIpc) is 3.39. The summed E-state index contributed by atoms with van der Waals surface area (Å²) in [5.74, 6) is 1.47. The predicted molar refractivity (Wildman–Crippen MR) is 118 cm³/mol. The molecule has 1 amide bonds. The van der Waals surface area contributed by atoms with Gasteiger partial charge in [-0.15, -0.1) is 24.0 Å². The summed E-state index contributed by atoms with van der Waals surface area (Å²) >= 11 is 0. The molecule has 0 aromatic carbocycles. The van der Waals surface area contributed by atoms with Crippen molar-refractivity contribution >= 4 is 35.8 Å². The van der Waals surface area contributed by atoms with Gasteiger partial charge in [0.25, 0.3) is 0 Å². The molecule has 0 radical (unpaired) electrons. The molecule has 1 saturated heterocycles. The summed E-state index contributed by atoms with van der Waals surface area (Å²) in [4.78, 5) is 18.9. The third-order valence-electron chi connectivity index (χ3n) is 5.46. The van der Waals surface area contributed by atoms with E-state index in [2.05, 4.69) is 26.9 Å². The van der Waals surface area contributed by atoms with Crippen LogP contribution in [0.25, 0.3) is 0 Å². The number of aryl methyl sites for hydroxylation is 2. The molecule has 152 valence electrons. The number of halogens is 1. The van der Waals surface area contributed by atoms with Gasteiger partial charge in [-0.3, -0.25) is 14.5 Å². The van der Waals surface area contributed by atoms with Gasteiger partial charge in [0.05, 0.1) is 6.20 Å². The van der Waals surface area contributed by atoms with Crippen LogP contribution in [-0.4, -0.2) is 59.3 Å². The van der Waals surface area contributed by atoms with Crippen molar-refractivity contribution in [2.45, 2.75) is 51.0 Å². The summed E-state index contributed by atoms with van der Waals surface area (Å²) in [6.45, 7) is 2.53. The molecule has 27 heavy (non-hydrogen) atoms. The van der Waals surface area contributed by atoms with E-state index in [0.717, 1.165) is 57.7 Å². The van der Waals surface area contributed by atoms with E-state index in [4.69, 9.17) is 0 Å². The van der Waals surface area contributed by atoms with Gasteiger partial charge in [0.1, 0.15) is 0 Å². The minimum atomic E-state index is 0. The Bertz CT molecular complexity index is 625. The lowest BCUT2D eigenvalue weighted by Crippen LogP contribution is -2.45. The lowest BCUT2D eigenvalue weighted by atomic mass is 10.1. The van der Waals surface area contributed by atoms with Gasteiger partial charge in [0, 0.05) is 51.9 Å². The van der Waals surface area contributed by atoms with Crippen LogP contribution in [0.1, 0.15) is 44.1 Å². The molecule has 2 fully saturated rings. The van der Waals surface area contributed by atoms with Crippen molar-refractivity contribution < 1.29 is 4.79 Å². The zero-order chi connectivity index (χ0) is 18.4. The maximum atomic E-state index is 12.5. The number of nitrogens with one attached hydrogen (secondary N) is 2. The van der Waals surface area contributed by atoms with Crippen LogP contribution < -0.4 is 10.6 Å². The highest BCUT2D eigenvalue weighted by molar-refractivity contribution is 14.0. The smallest absolute Gasteiger partial charge is 0.225 e. The molecule has 8 heteroatoms. The standard InChI is InChI=1S/C19H32N6O.HI/c1-20-19(21-10-5-6-15-12-22-24(2)13-15)23-17-9-11-25(14-17)18(26)16-7-3-4-8-16;/h12-13,16-17H,3-11,14H2,1-2H3,(H2,20,21,23);1H. The fourth-order valence-corrected chi connectivity index (χ4v) is 4.00. The number of nitrogens with zero attached hydrogens (tertiary/aromatic N) is 4. The van der Waals surface area contributed by atoms with E-state index >= 15 is 0 Å². The number of rotatable bonds is 6. The van der Waals surface area contributed by atoms with Gasteiger partial charge in [0.15, 0.2) is 5.96 Å². The summed E-state index contributed by atoms with van der Waals surface area (Å²) in [7, 11) is 3.74. The summed E-state index contributed by atoms with van der Waals surface area (Å²) in [5.41, 5.74) is 1.26. The van der Waals surface area contributed by atoms with Gasteiger partial charge in [-0.05, 0) is 37.7 Å². The van der Waals surface area contributed by atoms with Crippen LogP contribution in [0.3, 0.4) is 0 Å². The molecule has 1 aliphatic heterocycles. The van der Waals surface area contributed by atoms with Crippen molar-refractivity contribution in [2.24, 2.45) is 18.0 Å². The van der Waals surface area contributed by atoms with Crippen LogP contribution in [-0.2, 0) is 18.3 Å². The molecule has 7 nitrogen and oxygen atoms in total. The lowest BCUT2D eigenvalue weighted by Gasteiger charge is -2.21. The van der Waals surface area contributed by atoms with Gasteiger partial charge in [-0.2, -0.15) is 5.10 Å². The Morgan fingerprint density at radius 1 is 1.33 bits per heavy atom. The number of hydrogen-bond acceptors (Lipinski definition) is 3. The van der Waals surface area contributed by atoms with Gasteiger partial charge in [-0.25, -0.2) is 0 Å². The molecule has 0 spiro atoms. The Labute approximate surface area is 179 Å². The van der Waals surface area contributed by atoms with E-state index in [1.54, 1.807) is 7.05 Å². The first-order valence-corrected chi connectivity index (χ1v) is 9.89. The number of aliphatic imine (C=N–C) groups is 1. The second kappa shape index (κ2) is 10.9. The molecule has 2 heterocycles. The minimum absolute atomic E-state index is 0. The molecular formula is C19H33IN6O. The quantitative estimate of drug-likeness (QED) is 0.278. The fraction of sp³-hybridized carbons (Fsp3) is 0.737. The molecule has 1 unspecified atom stereocenters. The van der Waals surface area contributed by atoms with Crippen LogP contribution in [0.4, 0.5) is 0 Å². The van der Waals surface area contributed by atoms with Gasteiger partial charge in [0.2, 0.25) is 5.91 Å². The van der Waals surface area contributed by atoms with E-state index in [1.807, 2.05) is 22.8 Å². The SMILES string of the molecule is CN=C(NCCCc1cnn(C)c1)NC1CCN(C(=O)C2CCCC2)C1.I. The largest absolute Gasteiger partial charge is 0.356 e. The van der Waals surface area contributed by atoms with Crippen molar-refractivity contribution in [3.63, 3.8) is 0 Å².